The molecule has 2 atom stereocenters. The van der Waals surface area contributed by atoms with Crippen molar-refractivity contribution in [3.05, 3.63) is 27.7 Å². The fourth-order valence-corrected chi connectivity index (χ4v) is 4.25. The largest absolute Gasteiger partial charge is 0.416 e. The Morgan fingerprint density at radius 1 is 1.35 bits per heavy atom. The summed E-state index contributed by atoms with van der Waals surface area (Å²) in [4.78, 5) is 16.0. The molecule has 2 bridgehead atoms. The second kappa shape index (κ2) is 5.11. The van der Waals surface area contributed by atoms with Crippen molar-refractivity contribution >= 4 is 27.6 Å². The van der Waals surface area contributed by atoms with Crippen LogP contribution in [-0.4, -0.2) is 42.8 Å². The van der Waals surface area contributed by atoms with Crippen LogP contribution in [0.1, 0.15) is 17.5 Å². The number of anilines is 1. The Balaban J connectivity index is 1.67. The minimum absolute atomic E-state index is 0.0470. The lowest BCUT2D eigenvalue weighted by Gasteiger charge is -2.31. The fraction of sp³-hybridized carbons (Fsp3) is 0.533. The quantitative estimate of drug-likeness (QED) is 0.679. The maximum Gasteiger partial charge on any atom is 0.416 e. The highest BCUT2D eigenvalue weighted by Gasteiger charge is 2.44. The van der Waals surface area contributed by atoms with Crippen LogP contribution in [0.2, 0.25) is 0 Å². The third-order valence-corrected chi connectivity index (χ3v) is 5.46. The van der Waals surface area contributed by atoms with Crippen LogP contribution in [0.15, 0.2) is 16.6 Å². The monoisotopic (exact) mass is 390 g/mol. The number of likely N-dealkylation sites (tertiary alicyclic amines) is 1. The highest BCUT2D eigenvalue weighted by Crippen LogP contribution is 2.41. The summed E-state index contributed by atoms with van der Waals surface area (Å²) in [5, 5.41) is 0. The summed E-state index contributed by atoms with van der Waals surface area (Å²) >= 11 is 3.21. The molecule has 0 radical (unpaired) electrons. The first-order chi connectivity index (χ1) is 10.8. The van der Waals surface area contributed by atoms with E-state index in [0.29, 0.717) is 36.3 Å². The number of morpholine rings is 1. The average Bonchev–Trinajstić information content (AvgIpc) is 3.20. The molecule has 1 aromatic rings. The van der Waals surface area contributed by atoms with E-state index in [2.05, 4.69) is 15.9 Å². The lowest BCUT2D eigenvalue weighted by molar-refractivity contribution is -0.137. The van der Waals surface area contributed by atoms with Crippen molar-refractivity contribution in [2.24, 2.45) is 0 Å². The second-order valence-corrected chi connectivity index (χ2v) is 6.99. The number of carbonyl (C=O) groups excluding carboxylic acids is 1. The van der Waals surface area contributed by atoms with Gasteiger partial charge in [0, 0.05) is 17.6 Å². The maximum absolute atomic E-state index is 13.0. The third-order valence-electron chi connectivity index (χ3n) is 4.75. The lowest BCUT2D eigenvalue weighted by Crippen LogP contribution is -2.48. The van der Waals surface area contributed by atoms with Gasteiger partial charge in [-0.05, 0) is 30.5 Å². The Morgan fingerprint density at radius 3 is 2.74 bits per heavy atom. The molecule has 23 heavy (non-hydrogen) atoms. The normalized spacial score (nSPS) is 26.1. The van der Waals surface area contributed by atoms with E-state index in [1.807, 2.05) is 0 Å². The first kappa shape index (κ1) is 15.3. The van der Waals surface area contributed by atoms with Gasteiger partial charge in [-0.15, -0.1) is 0 Å². The van der Waals surface area contributed by atoms with Gasteiger partial charge in [-0.2, -0.15) is 13.2 Å². The number of alkyl halides is 3. The van der Waals surface area contributed by atoms with Gasteiger partial charge in [0.15, 0.2) is 0 Å². The smallest absolute Gasteiger partial charge is 0.374 e. The van der Waals surface area contributed by atoms with E-state index in [1.54, 1.807) is 4.90 Å². The summed E-state index contributed by atoms with van der Waals surface area (Å²) in [6.45, 7) is 1.45. The number of hydrogen-bond donors (Lipinski definition) is 0. The van der Waals surface area contributed by atoms with Crippen molar-refractivity contribution in [1.29, 1.82) is 0 Å². The first-order valence-corrected chi connectivity index (χ1v) is 8.23. The maximum atomic E-state index is 13.0. The number of amides is 2. The number of rotatable bonds is 0. The molecule has 0 N–H and O–H groups in total. The van der Waals surface area contributed by atoms with Crippen LogP contribution in [0, 0.1) is 0 Å². The van der Waals surface area contributed by atoms with E-state index >= 15 is 0 Å². The highest BCUT2D eigenvalue weighted by atomic mass is 79.9. The Bertz CT molecular complexity index is 679. The van der Waals surface area contributed by atoms with E-state index in [1.165, 1.54) is 4.90 Å². The molecule has 3 aliphatic heterocycles. The molecule has 124 valence electrons. The summed E-state index contributed by atoms with van der Waals surface area (Å²) in [6, 6.07) is 1.99. The molecule has 4 nitrogen and oxygen atoms in total. The van der Waals surface area contributed by atoms with Crippen LogP contribution >= 0.6 is 15.9 Å². The van der Waals surface area contributed by atoms with Crippen molar-refractivity contribution < 1.29 is 22.7 Å². The number of nitrogens with zero attached hydrogens (tertiary/aromatic N) is 2. The predicted octanol–water partition coefficient (Wildman–Crippen LogP) is 3.42. The number of benzene rings is 1. The number of ether oxygens (including phenoxy) is 1. The van der Waals surface area contributed by atoms with Crippen LogP contribution < -0.4 is 4.90 Å². The number of fused-ring (bicyclic) bond motifs is 3. The zero-order chi connectivity index (χ0) is 16.4. The zero-order valence-electron chi connectivity index (χ0n) is 12.1. The fourth-order valence-electron chi connectivity index (χ4n) is 3.61. The molecule has 2 fully saturated rings. The van der Waals surface area contributed by atoms with Gasteiger partial charge in [0.25, 0.3) is 0 Å². The van der Waals surface area contributed by atoms with Gasteiger partial charge in [-0.3, -0.25) is 4.90 Å². The Hall–Kier alpha value is -1.28. The van der Waals surface area contributed by atoms with E-state index in [0.717, 1.165) is 24.1 Å². The molecule has 2 amide bonds. The number of halogens is 4. The molecule has 0 saturated carbocycles. The molecule has 0 spiro atoms. The van der Waals surface area contributed by atoms with Gasteiger partial charge in [0.1, 0.15) is 0 Å². The van der Waals surface area contributed by atoms with Crippen LogP contribution in [0.5, 0.6) is 0 Å². The van der Waals surface area contributed by atoms with Crippen LogP contribution in [-0.2, 0) is 17.3 Å². The molecular weight excluding hydrogens is 377 g/mol. The number of carbonyl (C=O) groups is 1. The predicted molar refractivity (Wildman–Crippen MR) is 80.4 cm³/mol. The molecule has 0 aliphatic carbocycles. The van der Waals surface area contributed by atoms with E-state index < -0.39 is 11.7 Å². The minimum atomic E-state index is -4.44. The van der Waals surface area contributed by atoms with E-state index in [-0.39, 0.29) is 18.2 Å². The lowest BCUT2D eigenvalue weighted by atomic mass is 10.1. The van der Waals surface area contributed by atoms with Crippen LogP contribution in [0.3, 0.4) is 0 Å². The molecule has 3 aliphatic rings. The molecule has 4 rings (SSSR count). The molecule has 2 saturated heterocycles. The summed E-state index contributed by atoms with van der Waals surface area (Å²) in [7, 11) is 0. The molecule has 8 heteroatoms. The van der Waals surface area contributed by atoms with Crippen molar-refractivity contribution in [2.75, 3.05) is 24.6 Å². The van der Waals surface area contributed by atoms with Gasteiger partial charge in [0.2, 0.25) is 0 Å². The highest BCUT2D eigenvalue weighted by molar-refractivity contribution is 9.10. The SMILES string of the molecule is O=C(N1CCc2c(Br)cc(C(F)(F)F)cc21)N1CC2CC1CO2. The van der Waals surface area contributed by atoms with E-state index in [9.17, 15) is 18.0 Å². The summed E-state index contributed by atoms with van der Waals surface area (Å²) < 4.78 is 45.0. The van der Waals surface area contributed by atoms with Crippen molar-refractivity contribution in [3.63, 3.8) is 0 Å². The topological polar surface area (TPSA) is 32.8 Å². The third kappa shape index (κ3) is 2.42. The second-order valence-electron chi connectivity index (χ2n) is 6.13. The average molecular weight is 391 g/mol. The Kier molecular flexibility index (Phi) is 3.39. The zero-order valence-corrected chi connectivity index (χ0v) is 13.7. The Labute approximate surface area is 139 Å². The van der Waals surface area contributed by atoms with Crippen molar-refractivity contribution in [1.82, 2.24) is 4.90 Å². The molecule has 3 heterocycles. The summed E-state index contributed by atoms with van der Waals surface area (Å²) in [5.74, 6) is 0. The number of urea groups is 1. The van der Waals surface area contributed by atoms with Gasteiger partial charge in [-0.1, -0.05) is 15.9 Å². The van der Waals surface area contributed by atoms with Gasteiger partial charge >= 0.3 is 12.2 Å². The van der Waals surface area contributed by atoms with Gasteiger partial charge < -0.3 is 9.64 Å². The van der Waals surface area contributed by atoms with Crippen LogP contribution in [0.4, 0.5) is 23.7 Å². The van der Waals surface area contributed by atoms with Crippen molar-refractivity contribution in [3.8, 4) is 0 Å². The van der Waals surface area contributed by atoms with Gasteiger partial charge in [0.05, 0.1) is 30.0 Å². The Morgan fingerprint density at radius 2 is 2.13 bits per heavy atom. The molecule has 2 unspecified atom stereocenters. The molecule has 0 aromatic heterocycles. The number of hydrogen-bond acceptors (Lipinski definition) is 2. The summed E-state index contributed by atoms with van der Waals surface area (Å²) in [6.07, 6.45) is -2.99. The molecular formula is C15H14BrF3N2O2. The standard InChI is InChI=1S/C15H14BrF3N2O2/c16-12-3-8(15(17,18)19)4-13-11(12)1-2-20(13)14(22)21-6-10-5-9(21)7-23-10/h3-4,9-10H,1-2,5-7H2. The first-order valence-electron chi connectivity index (χ1n) is 7.44. The van der Waals surface area contributed by atoms with Crippen molar-refractivity contribution in [2.45, 2.75) is 31.2 Å². The minimum Gasteiger partial charge on any atom is -0.374 e. The van der Waals surface area contributed by atoms with E-state index in [4.69, 9.17) is 4.74 Å². The van der Waals surface area contributed by atoms with Crippen LogP contribution in [0.25, 0.3) is 0 Å². The molecule has 1 aromatic carbocycles. The van der Waals surface area contributed by atoms with Gasteiger partial charge in [-0.25, -0.2) is 4.79 Å². The summed E-state index contributed by atoms with van der Waals surface area (Å²) in [5.41, 5.74) is 0.376.